The Kier molecular flexibility index (Phi) is 8.72. The van der Waals surface area contributed by atoms with Gasteiger partial charge in [-0.1, -0.05) is 60.7 Å². The number of piperidine rings is 1. The summed E-state index contributed by atoms with van der Waals surface area (Å²) >= 11 is 0. The Morgan fingerprint density at radius 2 is 1.57 bits per heavy atom. The number of hydrogen-bond donors (Lipinski definition) is 5. The third-order valence-electron chi connectivity index (χ3n) is 7.99. The second-order valence-electron chi connectivity index (χ2n) is 10.5. The molecular formula is C31H40N6. The van der Waals surface area contributed by atoms with E-state index >= 15 is 0 Å². The zero-order chi connectivity index (χ0) is 26.3. The molecule has 0 radical (unpaired) electrons. The van der Waals surface area contributed by atoms with Gasteiger partial charge in [0, 0.05) is 43.5 Å². The largest absolute Gasteiger partial charge is 0.393 e. The van der Waals surface area contributed by atoms with Gasteiger partial charge in [0.25, 0.3) is 0 Å². The fraction of sp³-hybridized carbons (Fsp3) is 0.387. The summed E-state index contributed by atoms with van der Waals surface area (Å²) in [5.74, 6) is 1.33. The molecule has 2 aromatic rings. The van der Waals surface area contributed by atoms with Crippen molar-refractivity contribution in [1.29, 1.82) is 16.2 Å². The van der Waals surface area contributed by atoms with E-state index in [4.69, 9.17) is 16.2 Å². The standard InChI is InChI=1S/C31H40N6/c1-23(32)27(21-35-2)29(33)13-14-30(34)36-20-26-19-31(26)15-17-37(18-16-31)22-28(24-9-5-3-6-10-24)25-11-7-4-8-12-25/h3-14,21,26,28,32-33,35H,15-20,22H2,1-2H3,(H2,34,36)/b14-13-,27-21+,32-23?,33-29?. The normalized spacial score (nSPS) is 19.2. The van der Waals surface area contributed by atoms with Crippen LogP contribution >= 0.6 is 0 Å². The van der Waals surface area contributed by atoms with Gasteiger partial charge < -0.3 is 26.4 Å². The molecule has 1 heterocycles. The van der Waals surface area contributed by atoms with Gasteiger partial charge in [-0.3, -0.25) is 5.41 Å². The summed E-state index contributed by atoms with van der Waals surface area (Å²) in [6.45, 7) is 5.79. The van der Waals surface area contributed by atoms with Crippen molar-refractivity contribution < 1.29 is 0 Å². The van der Waals surface area contributed by atoms with Gasteiger partial charge >= 0.3 is 0 Å². The van der Waals surface area contributed by atoms with Crippen molar-refractivity contribution in [3.05, 3.63) is 95.7 Å². The van der Waals surface area contributed by atoms with E-state index in [1.165, 1.54) is 30.4 Å². The maximum atomic E-state index is 8.24. The highest BCUT2D eigenvalue weighted by molar-refractivity contribution is 6.26. The Morgan fingerprint density at radius 3 is 2.11 bits per heavy atom. The molecule has 6 nitrogen and oxygen atoms in total. The van der Waals surface area contributed by atoms with Crippen molar-refractivity contribution in [2.45, 2.75) is 32.1 Å². The molecule has 194 valence electrons. The summed E-state index contributed by atoms with van der Waals surface area (Å²) in [4.78, 5) is 2.64. The van der Waals surface area contributed by atoms with E-state index in [1.54, 1.807) is 32.3 Å². The van der Waals surface area contributed by atoms with E-state index in [9.17, 15) is 0 Å². The van der Waals surface area contributed by atoms with E-state index in [0.717, 1.165) is 26.2 Å². The SMILES string of the molecule is CN/C=C(\C(C)=N)C(=N)/C=C\C(=N)NCC1CC12CCN(CC(c1ccccc1)c1ccccc1)CC2. The number of nitrogens with one attached hydrogen (secondary N) is 5. The van der Waals surface area contributed by atoms with E-state index in [1.807, 2.05) is 0 Å². The molecule has 2 fully saturated rings. The predicted molar refractivity (Wildman–Crippen MR) is 154 cm³/mol. The van der Waals surface area contributed by atoms with Crippen molar-refractivity contribution >= 4 is 17.3 Å². The molecule has 1 atom stereocenters. The summed E-state index contributed by atoms with van der Waals surface area (Å²) in [5.41, 5.74) is 4.27. The minimum Gasteiger partial charge on any atom is -0.393 e. The van der Waals surface area contributed by atoms with E-state index in [0.29, 0.717) is 34.4 Å². The van der Waals surface area contributed by atoms with Gasteiger partial charge in [0.05, 0.1) is 5.71 Å². The van der Waals surface area contributed by atoms with Crippen LogP contribution in [0.15, 0.2) is 84.6 Å². The predicted octanol–water partition coefficient (Wildman–Crippen LogP) is 5.21. The quantitative estimate of drug-likeness (QED) is 0.218. The fourth-order valence-electron chi connectivity index (χ4n) is 5.63. The highest BCUT2D eigenvalue weighted by Gasteiger charge is 2.54. The van der Waals surface area contributed by atoms with Gasteiger partial charge in [-0.05, 0) is 73.9 Å². The van der Waals surface area contributed by atoms with Crippen LogP contribution in [-0.2, 0) is 0 Å². The first-order valence-corrected chi connectivity index (χ1v) is 13.3. The summed E-state index contributed by atoms with van der Waals surface area (Å²) in [7, 11) is 1.75. The molecule has 0 amide bonds. The molecule has 6 heteroatoms. The van der Waals surface area contributed by atoms with E-state index in [2.05, 4.69) is 76.2 Å². The molecular weight excluding hydrogens is 456 g/mol. The second-order valence-corrected chi connectivity index (χ2v) is 10.5. The van der Waals surface area contributed by atoms with Gasteiger partial charge in [0.15, 0.2) is 0 Å². The molecule has 5 N–H and O–H groups in total. The van der Waals surface area contributed by atoms with Crippen molar-refractivity contribution in [2.24, 2.45) is 11.3 Å². The smallest absolute Gasteiger partial charge is 0.118 e. The van der Waals surface area contributed by atoms with Gasteiger partial charge in [0.1, 0.15) is 5.84 Å². The lowest BCUT2D eigenvalue weighted by atomic mass is 9.87. The molecule has 4 rings (SSSR count). The average molecular weight is 497 g/mol. The summed E-state index contributed by atoms with van der Waals surface area (Å²) < 4.78 is 0. The molecule has 1 saturated heterocycles. The van der Waals surface area contributed by atoms with Crippen molar-refractivity contribution in [2.75, 3.05) is 33.2 Å². The highest BCUT2D eigenvalue weighted by Crippen LogP contribution is 2.59. The third-order valence-corrected chi connectivity index (χ3v) is 7.99. The van der Waals surface area contributed by atoms with Crippen LogP contribution in [0.25, 0.3) is 0 Å². The lowest BCUT2D eigenvalue weighted by Crippen LogP contribution is -2.38. The van der Waals surface area contributed by atoms with Gasteiger partial charge in [-0.25, -0.2) is 0 Å². The van der Waals surface area contributed by atoms with Crippen LogP contribution in [0.2, 0.25) is 0 Å². The topological polar surface area (TPSA) is 98.9 Å². The van der Waals surface area contributed by atoms with Crippen molar-refractivity contribution in [1.82, 2.24) is 15.5 Å². The first kappa shape index (κ1) is 26.6. The number of nitrogens with zero attached hydrogens (tertiary/aromatic N) is 1. The van der Waals surface area contributed by atoms with Crippen LogP contribution in [-0.4, -0.2) is 55.4 Å². The minimum absolute atomic E-state index is 0.230. The summed E-state index contributed by atoms with van der Waals surface area (Å²) in [5, 5.41) is 30.4. The molecule has 0 bridgehead atoms. The molecule has 1 aliphatic carbocycles. The summed E-state index contributed by atoms with van der Waals surface area (Å²) in [6, 6.07) is 21.7. The average Bonchev–Trinajstić information content (AvgIpc) is 3.61. The number of allylic oxidation sites excluding steroid dienone is 2. The lowest BCUT2D eigenvalue weighted by molar-refractivity contribution is 0.159. The Hall–Kier alpha value is -3.51. The first-order chi connectivity index (χ1) is 17.9. The van der Waals surface area contributed by atoms with Crippen LogP contribution in [0.5, 0.6) is 0 Å². The van der Waals surface area contributed by atoms with E-state index in [-0.39, 0.29) is 5.71 Å². The zero-order valence-electron chi connectivity index (χ0n) is 22.1. The fourth-order valence-corrected chi connectivity index (χ4v) is 5.63. The molecule has 2 aromatic carbocycles. The van der Waals surface area contributed by atoms with E-state index < -0.39 is 0 Å². The number of rotatable bonds is 11. The van der Waals surface area contributed by atoms with Gasteiger partial charge in [0.2, 0.25) is 0 Å². The van der Waals surface area contributed by atoms with Crippen molar-refractivity contribution in [3.8, 4) is 0 Å². The summed E-state index contributed by atoms with van der Waals surface area (Å²) in [6.07, 6.45) is 8.55. The number of benzene rings is 2. The molecule has 0 aromatic heterocycles. The Bertz CT molecular complexity index is 1100. The van der Waals surface area contributed by atoms with Crippen LogP contribution in [0.3, 0.4) is 0 Å². The molecule has 1 saturated carbocycles. The van der Waals surface area contributed by atoms with Crippen LogP contribution < -0.4 is 10.6 Å². The molecule has 37 heavy (non-hydrogen) atoms. The Balaban J connectivity index is 1.26. The van der Waals surface area contributed by atoms with Crippen molar-refractivity contribution in [3.63, 3.8) is 0 Å². The Morgan fingerprint density at radius 1 is 0.973 bits per heavy atom. The van der Waals surface area contributed by atoms with Gasteiger partial charge in [-0.15, -0.1) is 0 Å². The third kappa shape index (κ3) is 6.83. The number of amidine groups is 1. The molecule has 1 unspecified atom stereocenters. The van der Waals surface area contributed by atoms with Crippen LogP contribution in [0.1, 0.15) is 43.2 Å². The van der Waals surface area contributed by atoms with Crippen LogP contribution in [0, 0.1) is 27.6 Å². The number of hydrogen-bond acceptors (Lipinski definition) is 5. The maximum absolute atomic E-state index is 8.24. The monoisotopic (exact) mass is 496 g/mol. The lowest BCUT2D eigenvalue weighted by Gasteiger charge is -2.35. The maximum Gasteiger partial charge on any atom is 0.118 e. The highest BCUT2D eigenvalue weighted by atomic mass is 15.1. The van der Waals surface area contributed by atoms with Gasteiger partial charge in [-0.2, -0.15) is 0 Å². The minimum atomic E-state index is 0.230. The molecule has 2 aliphatic rings. The molecule has 1 spiro atoms. The Labute approximate surface area is 221 Å². The number of likely N-dealkylation sites (tertiary alicyclic amines) is 1. The molecule has 1 aliphatic heterocycles. The second kappa shape index (κ2) is 12.2. The first-order valence-electron chi connectivity index (χ1n) is 13.3. The van der Waals surface area contributed by atoms with Crippen LogP contribution in [0.4, 0.5) is 0 Å². The zero-order valence-corrected chi connectivity index (χ0v) is 22.1.